The zero-order valence-corrected chi connectivity index (χ0v) is 19.1. The van der Waals surface area contributed by atoms with Gasteiger partial charge in [-0.15, -0.1) is 10.2 Å². The predicted molar refractivity (Wildman–Crippen MR) is 128 cm³/mol. The summed E-state index contributed by atoms with van der Waals surface area (Å²) >= 11 is 0. The highest BCUT2D eigenvalue weighted by molar-refractivity contribution is 5.86. The fourth-order valence-corrected chi connectivity index (χ4v) is 4.76. The van der Waals surface area contributed by atoms with Crippen LogP contribution in [0.25, 0.3) is 39.2 Å². The van der Waals surface area contributed by atoms with E-state index in [1.54, 1.807) is 23.1 Å². The van der Waals surface area contributed by atoms with Crippen molar-refractivity contribution in [2.75, 3.05) is 13.1 Å². The van der Waals surface area contributed by atoms with Gasteiger partial charge in [-0.05, 0) is 43.2 Å². The molecular formula is C25H25FN8. The second-order valence-corrected chi connectivity index (χ2v) is 9.06. The minimum absolute atomic E-state index is 0.236. The van der Waals surface area contributed by atoms with E-state index in [9.17, 15) is 4.39 Å². The molecular weight excluding hydrogens is 431 g/mol. The highest BCUT2D eigenvalue weighted by atomic mass is 19.1. The van der Waals surface area contributed by atoms with Crippen LogP contribution in [0.5, 0.6) is 0 Å². The smallest absolute Gasteiger partial charge is 0.187 e. The molecule has 1 aromatic carbocycles. The van der Waals surface area contributed by atoms with Crippen LogP contribution in [-0.2, 0) is 7.05 Å². The third kappa shape index (κ3) is 3.53. The van der Waals surface area contributed by atoms with Crippen LogP contribution in [0.15, 0.2) is 55.0 Å². The quantitative estimate of drug-likeness (QED) is 0.445. The summed E-state index contributed by atoms with van der Waals surface area (Å²) in [6.07, 6.45) is 6.54. The first-order valence-electron chi connectivity index (χ1n) is 11.4. The molecule has 0 spiro atoms. The number of pyridine rings is 2. The number of fused-ring (bicyclic) bond motifs is 2. The maximum Gasteiger partial charge on any atom is 0.187 e. The Balaban J connectivity index is 1.41. The first-order chi connectivity index (χ1) is 16.5. The number of halogens is 1. The van der Waals surface area contributed by atoms with Crippen LogP contribution in [0.2, 0.25) is 0 Å². The molecule has 0 saturated carbocycles. The van der Waals surface area contributed by atoms with Gasteiger partial charge >= 0.3 is 0 Å². The summed E-state index contributed by atoms with van der Waals surface area (Å²) in [7, 11) is 1.81. The average molecular weight is 457 g/mol. The van der Waals surface area contributed by atoms with Crippen molar-refractivity contribution in [3.8, 4) is 22.6 Å². The molecule has 6 rings (SSSR count). The highest BCUT2D eigenvalue weighted by Crippen LogP contribution is 2.29. The van der Waals surface area contributed by atoms with Crippen LogP contribution in [0.3, 0.4) is 0 Å². The molecule has 0 aliphatic carbocycles. The Morgan fingerprint density at radius 3 is 2.76 bits per heavy atom. The minimum atomic E-state index is -0.303. The van der Waals surface area contributed by atoms with Gasteiger partial charge in [0, 0.05) is 61.1 Å². The summed E-state index contributed by atoms with van der Waals surface area (Å²) in [6.45, 7) is 4.10. The maximum absolute atomic E-state index is 14.8. The molecule has 0 unspecified atom stereocenters. The lowest BCUT2D eigenvalue weighted by Crippen LogP contribution is -2.28. The molecule has 1 saturated heterocycles. The van der Waals surface area contributed by atoms with E-state index in [0.29, 0.717) is 28.2 Å². The first-order valence-corrected chi connectivity index (χ1v) is 11.4. The molecule has 5 heterocycles. The van der Waals surface area contributed by atoms with E-state index >= 15 is 0 Å². The minimum Gasteiger partial charge on any atom is -0.326 e. The van der Waals surface area contributed by atoms with Gasteiger partial charge < -0.3 is 5.73 Å². The Morgan fingerprint density at radius 1 is 1.12 bits per heavy atom. The van der Waals surface area contributed by atoms with E-state index in [-0.39, 0.29) is 17.9 Å². The number of nitrogens with zero attached hydrogens (tertiary/aromatic N) is 7. The maximum atomic E-state index is 14.8. The van der Waals surface area contributed by atoms with Crippen LogP contribution < -0.4 is 5.73 Å². The van der Waals surface area contributed by atoms with Gasteiger partial charge in [0.25, 0.3) is 0 Å². The van der Waals surface area contributed by atoms with Crippen molar-refractivity contribution in [2.24, 2.45) is 12.8 Å². The second kappa shape index (κ2) is 7.96. The van der Waals surface area contributed by atoms with Crippen molar-refractivity contribution in [1.29, 1.82) is 0 Å². The lowest BCUT2D eigenvalue weighted by molar-refractivity contribution is 0.259. The first kappa shape index (κ1) is 20.9. The molecule has 5 aromatic rings. The highest BCUT2D eigenvalue weighted by Gasteiger charge is 2.25. The lowest BCUT2D eigenvalue weighted by atomic mass is 10.1. The summed E-state index contributed by atoms with van der Waals surface area (Å²) < 4.78 is 18.4. The van der Waals surface area contributed by atoms with Gasteiger partial charge in [0.15, 0.2) is 11.5 Å². The Bertz CT molecular complexity index is 1520. The molecule has 1 aliphatic heterocycles. The normalized spacial score (nSPS) is 17.7. The Hall–Kier alpha value is -3.69. The summed E-state index contributed by atoms with van der Waals surface area (Å²) in [5.74, 6) is 0.347. The van der Waals surface area contributed by atoms with Gasteiger partial charge in [0.05, 0.1) is 11.7 Å². The van der Waals surface area contributed by atoms with Gasteiger partial charge in [0.2, 0.25) is 0 Å². The van der Waals surface area contributed by atoms with Gasteiger partial charge in [-0.3, -0.25) is 14.0 Å². The Kier molecular flexibility index (Phi) is 4.89. The third-order valence-corrected chi connectivity index (χ3v) is 6.73. The molecule has 34 heavy (non-hydrogen) atoms. The molecule has 2 N–H and O–H groups in total. The van der Waals surface area contributed by atoms with Crippen LogP contribution in [-0.4, -0.2) is 53.4 Å². The van der Waals surface area contributed by atoms with Crippen molar-refractivity contribution < 1.29 is 4.39 Å². The Labute approximate surface area is 195 Å². The summed E-state index contributed by atoms with van der Waals surface area (Å²) in [5, 5.41) is 13.6. The van der Waals surface area contributed by atoms with E-state index in [2.05, 4.69) is 39.4 Å². The molecule has 172 valence electrons. The standard InChI is InChI=1S/C25H25FN8/c1-15(33-8-7-19(27)14-33)17-4-6-24-30-31-25(34(24)13-17)22-5-3-16-9-21(26)20(10-23(16)29-22)18-11-28-32(2)12-18/h3-6,9-13,15,19H,7-8,14,27H2,1-2H3/t15-,19-/m0/s1. The van der Waals surface area contributed by atoms with E-state index in [1.807, 2.05) is 29.6 Å². The van der Waals surface area contributed by atoms with E-state index in [4.69, 9.17) is 10.7 Å². The van der Waals surface area contributed by atoms with Gasteiger partial charge in [0.1, 0.15) is 11.5 Å². The number of aromatic nitrogens is 6. The molecule has 0 bridgehead atoms. The van der Waals surface area contributed by atoms with Crippen molar-refractivity contribution in [3.05, 3.63) is 66.4 Å². The van der Waals surface area contributed by atoms with Gasteiger partial charge in [-0.1, -0.05) is 12.1 Å². The number of nitrogens with two attached hydrogens (primary N) is 1. The van der Waals surface area contributed by atoms with Crippen LogP contribution in [0.1, 0.15) is 24.9 Å². The molecule has 8 nitrogen and oxygen atoms in total. The third-order valence-electron chi connectivity index (χ3n) is 6.73. The number of benzene rings is 1. The van der Waals surface area contributed by atoms with Crippen molar-refractivity contribution in [1.82, 2.24) is 34.3 Å². The van der Waals surface area contributed by atoms with Gasteiger partial charge in [-0.2, -0.15) is 5.10 Å². The van der Waals surface area contributed by atoms with Crippen molar-refractivity contribution in [2.45, 2.75) is 25.4 Å². The van der Waals surface area contributed by atoms with Crippen LogP contribution in [0, 0.1) is 5.82 Å². The molecule has 4 aromatic heterocycles. The topological polar surface area (TPSA) is 90.2 Å². The summed E-state index contributed by atoms with van der Waals surface area (Å²) in [6, 6.07) is 11.6. The summed E-state index contributed by atoms with van der Waals surface area (Å²) in [5.41, 5.74) is 10.6. The fourth-order valence-electron chi connectivity index (χ4n) is 4.76. The molecule has 1 aliphatic rings. The van der Waals surface area contributed by atoms with E-state index in [0.717, 1.165) is 30.5 Å². The number of aryl methyl sites for hydroxylation is 1. The van der Waals surface area contributed by atoms with Crippen molar-refractivity contribution >= 4 is 16.6 Å². The number of likely N-dealkylation sites (tertiary alicyclic amines) is 1. The van der Waals surface area contributed by atoms with Crippen LogP contribution >= 0.6 is 0 Å². The fraction of sp³-hybridized carbons (Fsp3) is 0.280. The molecule has 0 radical (unpaired) electrons. The molecule has 1 fully saturated rings. The van der Waals surface area contributed by atoms with E-state index in [1.165, 1.54) is 11.6 Å². The van der Waals surface area contributed by atoms with Crippen molar-refractivity contribution in [3.63, 3.8) is 0 Å². The lowest BCUT2D eigenvalue weighted by Gasteiger charge is -2.24. The zero-order chi connectivity index (χ0) is 23.4. The molecule has 2 atom stereocenters. The number of hydrogen-bond donors (Lipinski definition) is 1. The average Bonchev–Trinajstić information content (AvgIpc) is 3.57. The van der Waals surface area contributed by atoms with E-state index < -0.39 is 0 Å². The monoisotopic (exact) mass is 456 g/mol. The molecule has 0 amide bonds. The zero-order valence-electron chi connectivity index (χ0n) is 19.1. The van der Waals surface area contributed by atoms with Crippen LogP contribution in [0.4, 0.5) is 4.39 Å². The number of rotatable bonds is 4. The Morgan fingerprint density at radius 2 is 2.00 bits per heavy atom. The predicted octanol–water partition coefficient (Wildman–Crippen LogP) is 3.58. The number of hydrogen-bond acceptors (Lipinski definition) is 6. The van der Waals surface area contributed by atoms with Gasteiger partial charge in [-0.25, -0.2) is 9.37 Å². The largest absolute Gasteiger partial charge is 0.326 e. The summed E-state index contributed by atoms with van der Waals surface area (Å²) in [4.78, 5) is 7.22. The SMILES string of the molecule is C[C@@H](c1ccc2nnc(-c3ccc4cc(F)c(-c5cnn(C)c5)cc4n3)n2c1)N1CC[C@H](N)C1. The second-order valence-electron chi connectivity index (χ2n) is 9.06. The molecule has 9 heteroatoms.